The minimum Gasteiger partial charge on any atom is -0.372 e. The topological polar surface area (TPSA) is 20.3 Å². The Kier molecular flexibility index (Phi) is 4.74. The molecule has 0 saturated carbocycles. The number of hydrogen-bond acceptors (Lipinski definition) is 2. The van der Waals surface area contributed by atoms with Crippen molar-refractivity contribution in [3.63, 3.8) is 0 Å². The van der Waals surface area contributed by atoms with Crippen molar-refractivity contribution in [2.75, 3.05) is 18.5 Å². The molecule has 0 aromatic heterocycles. The van der Waals surface area contributed by atoms with E-state index < -0.39 is 0 Å². The van der Waals surface area contributed by atoms with E-state index >= 15 is 0 Å². The number of carbonyl (C=O) groups excluding carboxylic acids is 1. The van der Waals surface area contributed by atoms with E-state index in [2.05, 4.69) is 0 Å². The monoisotopic (exact) mass is 243 g/mol. The lowest BCUT2D eigenvalue weighted by Crippen LogP contribution is -2.20. The summed E-state index contributed by atoms with van der Waals surface area (Å²) in [5, 5.41) is 0.509. The Hall–Kier alpha value is -1.09. The minimum absolute atomic E-state index is 0.153. The maximum Gasteiger partial charge on any atom is 0.146 e. The van der Waals surface area contributed by atoms with Crippen LogP contribution in [0.4, 0.5) is 10.1 Å². The van der Waals surface area contributed by atoms with Gasteiger partial charge in [0.1, 0.15) is 11.6 Å². The van der Waals surface area contributed by atoms with Crippen LogP contribution in [-0.4, -0.2) is 19.4 Å². The zero-order valence-electron chi connectivity index (χ0n) is 9.46. The quantitative estimate of drug-likeness (QED) is 0.791. The van der Waals surface area contributed by atoms with Crippen LogP contribution in [-0.2, 0) is 4.79 Å². The highest BCUT2D eigenvalue weighted by Gasteiger charge is 2.08. The van der Waals surface area contributed by atoms with Gasteiger partial charge in [-0.25, -0.2) is 4.39 Å². The predicted molar refractivity (Wildman–Crippen MR) is 64.6 cm³/mol. The van der Waals surface area contributed by atoms with Crippen LogP contribution in [0.15, 0.2) is 18.2 Å². The van der Waals surface area contributed by atoms with Gasteiger partial charge in [-0.05, 0) is 31.5 Å². The molecule has 88 valence electrons. The lowest BCUT2D eigenvalue weighted by atomic mass is 10.2. The molecule has 16 heavy (non-hydrogen) atoms. The van der Waals surface area contributed by atoms with E-state index in [1.54, 1.807) is 24.9 Å². The molecule has 0 aliphatic carbocycles. The van der Waals surface area contributed by atoms with E-state index in [1.165, 1.54) is 12.1 Å². The van der Waals surface area contributed by atoms with Crippen molar-refractivity contribution in [1.29, 1.82) is 0 Å². The average Bonchev–Trinajstić information content (AvgIpc) is 2.21. The highest BCUT2D eigenvalue weighted by molar-refractivity contribution is 6.30. The molecule has 0 heterocycles. The summed E-state index contributed by atoms with van der Waals surface area (Å²) in [6.07, 6.45) is 1.24. The number of carbonyl (C=O) groups is 1. The van der Waals surface area contributed by atoms with Crippen LogP contribution in [0.5, 0.6) is 0 Å². The molecule has 0 radical (unpaired) electrons. The first kappa shape index (κ1) is 13.0. The van der Waals surface area contributed by atoms with Crippen molar-refractivity contribution in [3.8, 4) is 0 Å². The van der Waals surface area contributed by atoms with Gasteiger partial charge in [-0.3, -0.25) is 0 Å². The Morgan fingerprint density at radius 1 is 1.50 bits per heavy atom. The smallest absolute Gasteiger partial charge is 0.146 e. The molecule has 1 rings (SSSR count). The summed E-state index contributed by atoms with van der Waals surface area (Å²) in [6.45, 7) is 2.19. The fourth-order valence-electron chi connectivity index (χ4n) is 1.46. The van der Waals surface area contributed by atoms with Crippen molar-refractivity contribution >= 4 is 23.1 Å². The molecule has 0 bridgehead atoms. The van der Waals surface area contributed by atoms with Crippen LogP contribution in [0.25, 0.3) is 0 Å². The molecule has 0 spiro atoms. The number of ketones is 1. The maximum absolute atomic E-state index is 13.4. The first-order valence-electron chi connectivity index (χ1n) is 5.16. The van der Waals surface area contributed by atoms with E-state index in [0.29, 0.717) is 23.7 Å². The number of nitrogens with zero attached hydrogens (tertiary/aromatic N) is 1. The first-order valence-corrected chi connectivity index (χ1v) is 5.54. The Balaban J connectivity index is 2.61. The molecule has 0 aliphatic heterocycles. The molecule has 0 fully saturated rings. The van der Waals surface area contributed by atoms with Gasteiger partial charge in [-0.2, -0.15) is 0 Å². The molecule has 0 amide bonds. The lowest BCUT2D eigenvalue weighted by Gasteiger charge is -2.19. The minimum atomic E-state index is -0.297. The number of benzene rings is 1. The van der Waals surface area contributed by atoms with Gasteiger partial charge >= 0.3 is 0 Å². The van der Waals surface area contributed by atoms with E-state index in [9.17, 15) is 9.18 Å². The number of rotatable bonds is 5. The summed E-state index contributed by atoms with van der Waals surface area (Å²) in [5.74, 6) is -0.144. The summed E-state index contributed by atoms with van der Waals surface area (Å²) in [6, 6.07) is 4.45. The van der Waals surface area contributed by atoms with Crippen LogP contribution in [0.3, 0.4) is 0 Å². The van der Waals surface area contributed by atoms with E-state index in [-0.39, 0.29) is 11.6 Å². The molecule has 0 N–H and O–H groups in total. The molecule has 1 aromatic rings. The van der Waals surface area contributed by atoms with Crippen LogP contribution in [0.1, 0.15) is 19.8 Å². The fourth-order valence-corrected chi connectivity index (χ4v) is 1.63. The summed E-state index contributed by atoms with van der Waals surface area (Å²) >= 11 is 5.80. The van der Waals surface area contributed by atoms with Crippen molar-refractivity contribution in [2.45, 2.75) is 19.8 Å². The van der Waals surface area contributed by atoms with Crippen molar-refractivity contribution in [2.24, 2.45) is 0 Å². The molecule has 0 atom stereocenters. The Morgan fingerprint density at radius 2 is 2.19 bits per heavy atom. The molecule has 4 heteroatoms. The number of halogens is 2. The second-order valence-electron chi connectivity index (χ2n) is 3.82. The second-order valence-corrected chi connectivity index (χ2v) is 4.26. The molecule has 0 unspecified atom stereocenters. The third-order valence-electron chi connectivity index (χ3n) is 2.34. The number of Topliss-reactive ketones (excluding diaryl/α,β-unsaturated/α-hetero) is 1. The highest BCUT2D eigenvalue weighted by Crippen LogP contribution is 2.22. The predicted octanol–water partition coefficient (Wildman–Crippen LogP) is 3.28. The second kappa shape index (κ2) is 5.85. The number of hydrogen-bond donors (Lipinski definition) is 0. The Morgan fingerprint density at radius 3 is 2.81 bits per heavy atom. The largest absolute Gasteiger partial charge is 0.372 e. The molecule has 1 aromatic carbocycles. The zero-order valence-corrected chi connectivity index (χ0v) is 10.2. The lowest BCUT2D eigenvalue weighted by molar-refractivity contribution is -0.117. The highest BCUT2D eigenvalue weighted by atomic mass is 35.5. The first-order chi connectivity index (χ1) is 7.50. The SMILES string of the molecule is CC(=O)CCCN(C)c1cc(Cl)ccc1F. The van der Waals surface area contributed by atoms with Crippen LogP contribution < -0.4 is 4.90 Å². The molecule has 2 nitrogen and oxygen atoms in total. The van der Waals surface area contributed by atoms with E-state index in [0.717, 1.165) is 6.42 Å². The Labute approximate surface area is 100 Å². The normalized spacial score (nSPS) is 10.2. The summed E-state index contributed by atoms with van der Waals surface area (Å²) in [7, 11) is 1.79. The third kappa shape index (κ3) is 3.81. The van der Waals surface area contributed by atoms with Gasteiger partial charge < -0.3 is 9.69 Å². The average molecular weight is 244 g/mol. The van der Waals surface area contributed by atoms with Gasteiger partial charge in [0.15, 0.2) is 0 Å². The third-order valence-corrected chi connectivity index (χ3v) is 2.58. The molecular weight excluding hydrogens is 229 g/mol. The van der Waals surface area contributed by atoms with Gasteiger partial charge in [0.25, 0.3) is 0 Å². The van der Waals surface area contributed by atoms with Gasteiger partial charge in [0.05, 0.1) is 5.69 Å². The molecular formula is C12H15ClFNO. The fraction of sp³-hybridized carbons (Fsp3) is 0.417. The van der Waals surface area contributed by atoms with Crippen LogP contribution in [0, 0.1) is 5.82 Å². The number of anilines is 1. The molecule has 0 saturated heterocycles. The van der Waals surface area contributed by atoms with Gasteiger partial charge in [0.2, 0.25) is 0 Å². The van der Waals surface area contributed by atoms with Crippen LogP contribution >= 0.6 is 11.6 Å². The summed E-state index contributed by atoms with van der Waals surface area (Å²) in [5.41, 5.74) is 0.469. The zero-order chi connectivity index (χ0) is 12.1. The van der Waals surface area contributed by atoms with Crippen molar-refractivity contribution in [1.82, 2.24) is 0 Å². The van der Waals surface area contributed by atoms with E-state index in [4.69, 9.17) is 11.6 Å². The summed E-state index contributed by atoms with van der Waals surface area (Å²) in [4.78, 5) is 12.5. The van der Waals surface area contributed by atoms with Gasteiger partial charge in [-0.15, -0.1) is 0 Å². The van der Waals surface area contributed by atoms with Gasteiger partial charge in [0, 0.05) is 25.0 Å². The Bertz CT molecular complexity index is 381. The van der Waals surface area contributed by atoms with Crippen molar-refractivity contribution in [3.05, 3.63) is 29.0 Å². The standard InChI is InChI=1S/C12H15ClFNO/c1-9(16)4-3-7-15(2)12-8-10(13)5-6-11(12)14/h5-6,8H,3-4,7H2,1-2H3. The molecule has 0 aliphatic rings. The van der Waals surface area contributed by atoms with Gasteiger partial charge in [-0.1, -0.05) is 11.6 Å². The van der Waals surface area contributed by atoms with E-state index in [1.807, 2.05) is 0 Å². The summed E-state index contributed by atoms with van der Waals surface area (Å²) < 4.78 is 13.4. The maximum atomic E-state index is 13.4. The van der Waals surface area contributed by atoms with Crippen LogP contribution in [0.2, 0.25) is 5.02 Å². The van der Waals surface area contributed by atoms with Crippen molar-refractivity contribution < 1.29 is 9.18 Å².